The molecule has 8 rings (SSSR count). The van der Waals surface area contributed by atoms with E-state index in [-0.39, 0.29) is 31.7 Å². The fraction of sp³-hybridized carbons (Fsp3) is 0.300. The number of nitrogens with zero attached hydrogens (tertiary/aromatic N) is 3. The number of rotatable bonds is 7. The summed E-state index contributed by atoms with van der Waals surface area (Å²) in [7, 11) is -1.37. The minimum absolute atomic E-state index is 0. The van der Waals surface area contributed by atoms with Gasteiger partial charge in [0.2, 0.25) is 0 Å². The van der Waals surface area contributed by atoms with E-state index in [0.717, 1.165) is 56.6 Å². The number of aromatic nitrogens is 1. The van der Waals surface area contributed by atoms with Crippen LogP contribution in [-0.4, -0.2) is 13.1 Å². The van der Waals surface area contributed by atoms with Crippen LogP contribution in [0.1, 0.15) is 88.7 Å². The predicted molar refractivity (Wildman–Crippen MR) is 236 cm³/mol. The summed E-state index contributed by atoms with van der Waals surface area (Å²) in [6.45, 7) is 23.2. The summed E-state index contributed by atoms with van der Waals surface area (Å²) in [6, 6.07) is 44.7. The van der Waals surface area contributed by atoms with Crippen LogP contribution in [-0.2, 0) is 26.5 Å². The molecule has 288 valence electrons. The minimum atomic E-state index is -1.37. The molecule has 5 aromatic carbocycles. The smallest absolute Gasteiger partial charge is 0.661 e. The third kappa shape index (κ3) is 8.59. The van der Waals surface area contributed by atoms with Crippen LogP contribution in [0, 0.1) is 17.5 Å². The monoisotopic (exact) mass is 933 g/mol. The molecule has 7 aromatic rings. The molecule has 0 spiro atoms. The Balaban J connectivity index is 0.000000209. The Bertz CT molecular complexity index is 2410. The van der Waals surface area contributed by atoms with Gasteiger partial charge in [-0.2, -0.15) is 17.7 Å². The Kier molecular flexibility index (Phi) is 12.2. The third-order valence-corrected chi connectivity index (χ3v) is 12.4. The molecule has 0 N–H and O–H groups in total. The van der Waals surface area contributed by atoms with E-state index >= 15 is 0 Å². The van der Waals surface area contributed by atoms with Gasteiger partial charge in [-0.1, -0.05) is 140 Å². The molecule has 1 atom stereocenters. The van der Waals surface area contributed by atoms with Crippen LogP contribution < -0.4 is 10.1 Å². The van der Waals surface area contributed by atoms with Crippen LogP contribution in [0.5, 0.6) is 0 Å². The Morgan fingerprint density at radius 2 is 1.46 bits per heavy atom. The van der Waals surface area contributed by atoms with Crippen molar-refractivity contribution in [3.05, 3.63) is 155 Å². The second-order valence-corrected chi connectivity index (χ2v) is 22.7. The van der Waals surface area contributed by atoms with Crippen molar-refractivity contribution in [3.63, 3.8) is 0 Å². The summed E-state index contributed by atoms with van der Waals surface area (Å²) in [6.07, 6.45) is 3.02. The van der Waals surface area contributed by atoms with Gasteiger partial charge in [-0.15, -0.1) is 47.6 Å². The van der Waals surface area contributed by atoms with Crippen molar-refractivity contribution in [1.29, 1.82) is 0 Å². The number of hydrogen-bond donors (Lipinski definition) is 0. The average molecular weight is 933 g/mol. The molecular formula is C50H54IrN3OSi. The van der Waals surface area contributed by atoms with Crippen LogP contribution in [0.3, 0.4) is 0 Å². The molecule has 0 amide bonds. The van der Waals surface area contributed by atoms with Crippen molar-refractivity contribution in [1.82, 2.24) is 4.98 Å². The van der Waals surface area contributed by atoms with E-state index in [0.29, 0.717) is 11.8 Å². The van der Waals surface area contributed by atoms with Crippen molar-refractivity contribution >= 4 is 52.3 Å². The molecule has 56 heavy (non-hydrogen) atoms. The van der Waals surface area contributed by atoms with Crippen molar-refractivity contribution in [2.75, 3.05) is 4.90 Å². The van der Waals surface area contributed by atoms with Gasteiger partial charge in [-0.05, 0) is 64.0 Å². The van der Waals surface area contributed by atoms with E-state index in [2.05, 4.69) is 164 Å². The van der Waals surface area contributed by atoms with Gasteiger partial charge in [0.15, 0.2) is 0 Å². The zero-order valence-corrected chi connectivity index (χ0v) is 37.9. The van der Waals surface area contributed by atoms with Crippen molar-refractivity contribution in [3.8, 4) is 11.3 Å². The Labute approximate surface area is 349 Å². The largest absolute Gasteiger partial charge is 3.00 e. The van der Waals surface area contributed by atoms with Crippen LogP contribution in [0.2, 0.25) is 19.6 Å². The van der Waals surface area contributed by atoms with Crippen LogP contribution in [0.15, 0.2) is 120 Å². The minimum Gasteiger partial charge on any atom is -0.661 e. The number of anilines is 2. The fourth-order valence-electron chi connectivity index (χ4n) is 7.77. The number of benzene rings is 5. The molecule has 2 aromatic heterocycles. The summed E-state index contributed by atoms with van der Waals surface area (Å²) in [5.74, 6) is 0.790. The SMILES string of the molecule is CC(C)(C)Cc1cc(-c2[c-]cccc2)ncc1[Si](C)(C)C.CC(C)c1cccc(C(C)C)c1N1c2ccccc2[N-]C1c1[c-]cc2oc3ccccc3c2c1.[Ir+3]. The first-order valence-electron chi connectivity index (χ1n) is 19.7. The van der Waals surface area contributed by atoms with E-state index < -0.39 is 8.07 Å². The number of hydrogen-bond acceptors (Lipinski definition) is 3. The molecule has 1 aliphatic rings. The average Bonchev–Trinajstić information content (AvgIpc) is 3.72. The summed E-state index contributed by atoms with van der Waals surface area (Å²) in [4.78, 5) is 7.14. The van der Waals surface area contributed by atoms with Gasteiger partial charge in [0.05, 0.1) is 8.07 Å². The number of furan rings is 1. The maximum absolute atomic E-state index is 6.07. The molecule has 6 heteroatoms. The Hall–Kier alpha value is -4.48. The number of para-hydroxylation sites is 4. The summed E-state index contributed by atoms with van der Waals surface area (Å²) < 4.78 is 6.07. The zero-order valence-electron chi connectivity index (χ0n) is 34.5. The standard InChI is InChI=1S/C31H28N2O.C19H26NSi.Ir/c1-19(2)22-11-9-12-23(20(3)4)30(22)33-27-14-7-6-13-26(27)32-31(33)21-16-17-29-25(18-21)24-10-5-8-15-28(24)34-29;1-19(2,3)13-16-12-17(15-10-8-7-9-11-15)20-14-18(16)21(4,5)6;/h5-15,17-20,31H,1-4H3;7-10,12,14H,13H2,1-6H3;/q-2;-1;+3. The molecule has 0 radical (unpaired) electrons. The molecule has 0 saturated carbocycles. The van der Waals surface area contributed by atoms with Gasteiger partial charge in [-0.3, -0.25) is 0 Å². The van der Waals surface area contributed by atoms with Crippen molar-refractivity contribution < 1.29 is 24.5 Å². The number of fused-ring (bicyclic) bond motifs is 4. The van der Waals surface area contributed by atoms with Gasteiger partial charge in [0.1, 0.15) is 5.58 Å². The van der Waals surface area contributed by atoms with Gasteiger partial charge in [-0.25, -0.2) is 0 Å². The molecular weight excluding hydrogens is 879 g/mol. The molecule has 1 unspecified atom stereocenters. The van der Waals surface area contributed by atoms with Gasteiger partial charge < -0.3 is 19.6 Å². The zero-order chi connectivity index (χ0) is 39.1. The van der Waals surface area contributed by atoms with Gasteiger partial charge >= 0.3 is 20.1 Å². The molecule has 3 heterocycles. The first-order chi connectivity index (χ1) is 26.2. The Morgan fingerprint density at radius 1 is 0.786 bits per heavy atom. The summed E-state index contributed by atoms with van der Waals surface area (Å²) in [5.41, 5.74) is 12.8. The van der Waals surface area contributed by atoms with Crippen molar-refractivity contribution in [2.45, 2.75) is 92.5 Å². The van der Waals surface area contributed by atoms with Gasteiger partial charge in [0.25, 0.3) is 0 Å². The van der Waals surface area contributed by atoms with E-state index in [1.165, 1.54) is 27.6 Å². The van der Waals surface area contributed by atoms with Crippen LogP contribution >= 0.6 is 0 Å². The van der Waals surface area contributed by atoms with Crippen LogP contribution in [0.25, 0.3) is 38.5 Å². The number of pyridine rings is 1. The van der Waals surface area contributed by atoms with E-state index in [1.54, 1.807) is 0 Å². The Morgan fingerprint density at radius 3 is 2.12 bits per heavy atom. The molecule has 0 bridgehead atoms. The molecule has 1 aliphatic heterocycles. The first kappa shape index (κ1) is 41.2. The maximum atomic E-state index is 6.07. The van der Waals surface area contributed by atoms with E-state index in [9.17, 15) is 0 Å². The quantitative estimate of drug-likeness (QED) is 0.118. The molecule has 0 aliphatic carbocycles. The summed E-state index contributed by atoms with van der Waals surface area (Å²) in [5, 5.41) is 8.93. The van der Waals surface area contributed by atoms with E-state index in [1.807, 2.05) is 36.4 Å². The van der Waals surface area contributed by atoms with Crippen LogP contribution in [0.4, 0.5) is 17.1 Å². The molecule has 4 nitrogen and oxygen atoms in total. The second kappa shape index (κ2) is 16.5. The molecule has 0 saturated heterocycles. The topological polar surface area (TPSA) is 43.4 Å². The maximum Gasteiger partial charge on any atom is 3.00 e. The summed E-state index contributed by atoms with van der Waals surface area (Å²) >= 11 is 0. The third-order valence-electron chi connectivity index (χ3n) is 10.3. The molecule has 0 fully saturated rings. The van der Waals surface area contributed by atoms with E-state index in [4.69, 9.17) is 14.7 Å². The van der Waals surface area contributed by atoms with Gasteiger partial charge in [0, 0.05) is 28.5 Å². The fourth-order valence-corrected chi connectivity index (χ4v) is 9.34. The predicted octanol–water partition coefficient (Wildman–Crippen LogP) is 14.2. The van der Waals surface area contributed by atoms with Crippen molar-refractivity contribution in [2.24, 2.45) is 5.41 Å². The first-order valence-corrected chi connectivity index (χ1v) is 23.2. The second-order valence-electron chi connectivity index (χ2n) is 17.7. The normalized spacial score (nSPS) is 14.1.